The van der Waals surface area contributed by atoms with Gasteiger partial charge in [0.1, 0.15) is 5.75 Å². The van der Waals surface area contributed by atoms with Crippen LogP contribution in [-0.2, 0) is 11.4 Å². The molecule has 7 nitrogen and oxygen atoms in total. The lowest BCUT2D eigenvalue weighted by Crippen LogP contribution is -2.23. The number of benzene rings is 2. The summed E-state index contributed by atoms with van der Waals surface area (Å²) in [7, 11) is 0. The fourth-order valence-corrected chi connectivity index (χ4v) is 4.24. The second-order valence-electron chi connectivity index (χ2n) is 7.47. The minimum absolute atomic E-state index is 0.104. The van der Waals surface area contributed by atoms with Crippen molar-refractivity contribution in [1.29, 1.82) is 0 Å². The summed E-state index contributed by atoms with van der Waals surface area (Å²) in [5.74, 6) is 0.894. The number of carbonyl (C=O) groups is 1. The predicted octanol–water partition coefficient (Wildman–Crippen LogP) is 5.41. The Morgan fingerprint density at radius 3 is 2.56 bits per heavy atom. The van der Waals surface area contributed by atoms with Crippen LogP contribution in [0.3, 0.4) is 0 Å². The van der Waals surface area contributed by atoms with Crippen LogP contribution in [0.25, 0.3) is 0 Å². The molecule has 1 aromatic heterocycles. The minimum atomic E-state index is -0.135. The van der Waals surface area contributed by atoms with Crippen LogP contribution in [0.5, 0.6) is 5.75 Å². The molecule has 1 fully saturated rings. The van der Waals surface area contributed by atoms with Gasteiger partial charge in [-0.05, 0) is 49.2 Å². The lowest BCUT2D eigenvalue weighted by atomic mass is 10.2. The maximum absolute atomic E-state index is 12.3. The number of rotatable bonds is 8. The second kappa shape index (κ2) is 11.2. The molecule has 0 atom stereocenters. The molecule has 1 amide bonds. The van der Waals surface area contributed by atoms with Gasteiger partial charge in [-0.1, -0.05) is 48.3 Å². The molecule has 0 saturated carbocycles. The molecular weight excluding hydrogens is 448 g/mol. The number of nitrogens with zero attached hydrogens (tertiary/aromatic N) is 3. The van der Waals surface area contributed by atoms with Gasteiger partial charge in [0.25, 0.3) is 11.1 Å². The Morgan fingerprint density at radius 1 is 1.06 bits per heavy atom. The number of para-hydroxylation sites is 1. The van der Waals surface area contributed by atoms with E-state index in [2.05, 4.69) is 32.5 Å². The van der Waals surface area contributed by atoms with Crippen LogP contribution in [0.2, 0.25) is 5.02 Å². The third-order valence-electron chi connectivity index (χ3n) is 5.09. The van der Waals surface area contributed by atoms with Crippen molar-refractivity contribution in [1.82, 2.24) is 10.2 Å². The maximum atomic E-state index is 12.3. The van der Waals surface area contributed by atoms with Crippen molar-refractivity contribution in [2.75, 3.05) is 29.1 Å². The average molecular weight is 473 g/mol. The normalized spacial score (nSPS) is 14.1. The summed E-state index contributed by atoms with van der Waals surface area (Å²) in [5, 5.41) is 11.6. The molecule has 0 bridgehead atoms. The van der Waals surface area contributed by atoms with Gasteiger partial charge in [-0.25, -0.2) is 0 Å². The van der Waals surface area contributed by atoms with E-state index in [0.717, 1.165) is 18.8 Å². The van der Waals surface area contributed by atoms with E-state index in [1.54, 1.807) is 12.1 Å². The van der Waals surface area contributed by atoms with E-state index < -0.39 is 0 Å². The molecule has 1 aliphatic heterocycles. The van der Waals surface area contributed by atoms with Crippen LogP contribution in [0, 0.1) is 0 Å². The average Bonchev–Trinajstić information content (AvgIpc) is 3.09. The second-order valence-corrected chi connectivity index (χ2v) is 8.80. The van der Waals surface area contributed by atoms with Crippen LogP contribution in [0.1, 0.15) is 31.6 Å². The van der Waals surface area contributed by atoms with Crippen LogP contribution in [0.15, 0.2) is 58.2 Å². The number of hydrogen-bond acceptors (Lipinski definition) is 7. The van der Waals surface area contributed by atoms with Crippen molar-refractivity contribution >= 4 is 40.6 Å². The summed E-state index contributed by atoms with van der Waals surface area (Å²) < 4.78 is 11.1. The van der Waals surface area contributed by atoms with Crippen LogP contribution in [-0.4, -0.2) is 34.9 Å². The SMILES string of the molecule is O=C(CSc1nnc(COc2ccccc2Cl)o1)Nc1ccc(N2CCCCCC2)cc1. The van der Waals surface area contributed by atoms with Gasteiger partial charge in [0.05, 0.1) is 10.8 Å². The van der Waals surface area contributed by atoms with Crippen molar-refractivity contribution in [2.45, 2.75) is 37.5 Å². The molecule has 0 spiro atoms. The smallest absolute Gasteiger partial charge is 0.277 e. The molecule has 2 heterocycles. The first-order valence-electron chi connectivity index (χ1n) is 10.6. The highest BCUT2D eigenvalue weighted by Crippen LogP contribution is 2.25. The van der Waals surface area contributed by atoms with Crippen molar-refractivity contribution < 1.29 is 13.9 Å². The zero-order chi connectivity index (χ0) is 22.2. The van der Waals surface area contributed by atoms with E-state index in [0.29, 0.717) is 21.9 Å². The Kier molecular flexibility index (Phi) is 7.90. The summed E-state index contributed by atoms with van der Waals surface area (Å²) in [6, 6.07) is 15.2. The third kappa shape index (κ3) is 6.40. The number of halogens is 1. The van der Waals surface area contributed by atoms with Crippen LogP contribution < -0.4 is 15.0 Å². The lowest BCUT2D eigenvalue weighted by Gasteiger charge is -2.22. The number of nitrogens with one attached hydrogen (secondary N) is 1. The van der Waals surface area contributed by atoms with Gasteiger partial charge in [-0.3, -0.25) is 4.79 Å². The molecule has 32 heavy (non-hydrogen) atoms. The largest absolute Gasteiger partial charge is 0.482 e. The van der Waals surface area contributed by atoms with Gasteiger partial charge in [0, 0.05) is 24.5 Å². The zero-order valence-electron chi connectivity index (χ0n) is 17.6. The topological polar surface area (TPSA) is 80.5 Å². The maximum Gasteiger partial charge on any atom is 0.277 e. The first-order chi connectivity index (χ1) is 15.7. The summed E-state index contributed by atoms with van der Waals surface area (Å²) >= 11 is 7.24. The molecule has 0 radical (unpaired) electrons. The van der Waals surface area contributed by atoms with Gasteiger partial charge in [0.15, 0.2) is 6.61 Å². The van der Waals surface area contributed by atoms with Gasteiger partial charge >= 0.3 is 0 Å². The number of aromatic nitrogens is 2. The Morgan fingerprint density at radius 2 is 1.81 bits per heavy atom. The quantitative estimate of drug-likeness (QED) is 0.439. The van der Waals surface area contributed by atoms with E-state index in [-0.39, 0.29) is 18.3 Å². The molecule has 2 aromatic carbocycles. The fourth-order valence-electron chi connectivity index (χ4n) is 3.46. The molecule has 1 saturated heterocycles. The molecule has 4 rings (SSSR count). The standard InChI is InChI=1S/C23H25ClN4O3S/c24-19-7-3-4-8-20(19)30-15-22-26-27-23(31-22)32-16-21(29)25-17-9-11-18(12-10-17)28-13-5-1-2-6-14-28/h3-4,7-12H,1-2,5-6,13-16H2,(H,25,29). The molecule has 3 aromatic rings. The fraction of sp³-hybridized carbons (Fsp3) is 0.348. The molecule has 168 valence electrons. The number of carbonyl (C=O) groups excluding carboxylic acids is 1. The number of anilines is 2. The summed E-state index contributed by atoms with van der Waals surface area (Å²) in [6.07, 6.45) is 5.08. The van der Waals surface area contributed by atoms with Gasteiger partial charge in [-0.15, -0.1) is 10.2 Å². The Bertz CT molecular complexity index is 1020. The molecule has 1 N–H and O–H groups in total. The van der Waals surface area contributed by atoms with E-state index >= 15 is 0 Å². The molecule has 0 aliphatic carbocycles. The van der Waals surface area contributed by atoms with E-state index in [1.165, 1.54) is 43.1 Å². The Balaban J connectivity index is 1.22. The molecule has 0 unspecified atom stereocenters. The van der Waals surface area contributed by atoms with E-state index in [1.807, 2.05) is 24.3 Å². The van der Waals surface area contributed by atoms with Gasteiger partial charge in [0.2, 0.25) is 5.91 Å². The highest BCUT2D eigenvalue weighted by atomic mass is 35.5. The van der Waals surface area contributed by atoms with Crippen molar-refractivity contribution in [2.24, 2.45) is 0 Å². The predicted molar refractivity (Wildman–Crippen MR) is 127 cm³/mol. The number of amides is 1. The summed E-state index contributed by atoms with van der Waals surface area (Å²) in [6.45, 7) is 2.29. The monoisotopic (exact) mass is 472 g/mol. The number of hydrogen-bond donors (Lipinski definition) is 1. The van der Waals surface area contributed by atoms with E-state index in [4.69, 9.17) is 20.8 Å². The number of ether oxygens (including phenoxy) is 1. The van der Waals surface area contributed by atoms with Crippen LogP contribution >= 0.6 is 23.4 Å². The van der Waals surface area contributed by atoms with E-state index in [9.17, 15) is 4.79 Å². The third-order valence-corrected chi connectivity index (χ3v) is 6.22. The van der Waals surface area contributed by atoms with Crippen molar-refractivity contribution in [3.8, 4) is 5.75 Å². The highest BCUT2D eigenvalue weighted by Gasteiger charge is 2.13. The van der Waals surface area contributed by atoms with Crippen LogP contribution in [0.4, 0.5) is 11.4 Å². The first kappa shape index (κ1) is 22.5. The Hall–Kier alpha value is -2.71. The zero-order valence-corrected chi connectivity index (χ0v) is 19.2. The Labute approximate surface area is 196 Å². The molecule has 9 heteroatoms. The molecule has 1 aliphatic rings. The van der Waals surface area contributed by atoms with Crippen molar-refractivity contribution in [3.05, 3.63) is 59.4 Å². The summed E-state index contributed by atoms with van der Waals surface area (Å²) in [4.78, 5) is 14.7. The highest BCUT2D eigenvalue weighted by molar-refractivity contribution is 7.99. The van der Waals surface area contributed by atoms with Crippen molar-refractivity contribution in [3.63, 3.8) is 0 Å². The summed E-state index contributed by atoms with van der Waals surface area (Å²) in [5.41, 5.74) is 1.98. The van der Waals surface area contributed by atoms with Gasteiger partial charge < -0.3 is 19.4 Å². The minimum Gasteiger partial charge on any atom is -0.482 e. The first-order valence-corrected chi connectivity index (χ1v) is 12.0. The molecular formula is C23H25ClN4O3S. The number of thioether (sulfide) groups is 1. The lowest BCUT2D eigenvalue weighted by molar-refractivity contribution is -0.113. The van der Waals surface area contributed by atoms with Gasteiger partial charge in [-0.2, -0.15) is 0 Å².